The molecule has 0 unspecified atom stereocenters. The van der Waals surface area contributed by atoms with Gasteiger partial charge in [-0.25, -0.2) is 4.68 Å². The summed E-state index contributed by atoms with van der Waals surface area (Å²) in [6.45, 7) is 4.38. The van der Waals surface area contributed by atoms with Gasteiger partial charge in [-0.3, -0.25) is 0 Å². The van der Waals surface area contributed by atoms with Crippen LogP contribution in [-0.4, -0.2) is 22.9 Å². The first-order chi connectivity index (χ1) is 8.92. The third-order valence-electron chi connectivity index (χ3n) is 2.94. The molecule has 0 aliphatic carbocycles. The fraction of sp³-hybridized carbons (Fsp3) is 0.400. The monoisotopic (exact) mass is 243 g/mol. The lowest BCUT2D eigenvalue weighted by molar-refractivity contribution is 0.629. The van der Waals surface area contributed by atoms with Crippen LogP contribution in [-0.2, 0) is 6.42 Å². The van der Waals surface area contributed by atoms with E-state index >= 15 is 0 Å². The Morgan fingerprint density at radius 2 is 1.94 bits per heavy atom. The summed E-state index contributed by atoms with van der Waals surface area (Å²) in [5.74, 6) is 0. The van der Waals surface area contributed by atoms with Crippen LogP contribution in [0, 0.1) is 0 Å². The van der Waals surface area contributed by atoms with Crippen LogP contribution in [0.5, 0.6) is 0 Å². The molecule has 0 aliphatic heterocycles. The number of benzene rings is 1. The van der Waals surface area contributed by atoms with Crippen LogP contribution in [0.3, 0.4) is 0 Å². The number of rotatable bonds is 7. The van der Waals surface area contributed by atoms with Crippen LogP contribution in [0.1, 0.15) is 25.5 Å². The van der Waals surface area contributed by atoms with Crippen molar-refractivity contribution in [2.75, 3.05) is 13.1 Å². The van der Waals surface area contributed by atoms with E-state index in [1.54, 1.807) is 0 Å². The maximum absolute atomic E-state index is 4.40. The maximum Gasteiger partial charge on any atom is 0.0648 e. The largest absolute Gasteiger partial charge is 0.317 e. The van der Waals surface area contributed by atoms with Crippen molar-refractivity contribution in [3.63, 3.8) is 0 Å². The minimum Gasteiger partial charge on any atom is -0.317 e. The van der Waals surface area contributed by atoms with E-state index < -0.39 is 0 Å². The summed E-state index contributed by atoms with van der Waals surface area (Å²) < 4.78 is 2.03. The Labute approximate surface area is 109 Å². The van der Waals surface area contributed by atoms with Crippen LogP contribution in [0.25, 0.3) is 5.69 Å². The third-order valence-corrected chi connectivity index (χ3v) is 2.94. The first-order valence-electron chi connectivity index (χ1n) is 6.71. The van der Waals surface area contributed by atoms with Gasteiger partial charge >= 0.3 is 0 Å². The van der Waals surface area contributed by atoms with Crippen molar-refractivity contribution < 1.29 is 0 Å². The highest BCUT2D eigenvalue weighted by Crippen LogP contribution is 2.11. The van der Waals surface area contributed by atoms with Crippen molar-refractivity contribution in [3.05, 3.63) is 48.3 Å². The van der Waals surface area contributed by atoms with E-state index in [-0.39, 0.29) is 0 Å². The Bertz CT molecular complexity index is 448. The zero-order valence-electron chi connectivity index (χ0n) is 11.0. The Kier molecular flexibility index (Phi) is 4.97. The number of hydrogen-bond acceptors (Lipinski definition) is 2. The zero-order chi connectivity index (χ0) is 12.6. The van der Waals surface area contributed by atoms with Gasteiger partial charge in [-0.2, -0.15) is 5.10 Å². The lowest BCUT2D eigenvalue weighted by Crippen LogP contribution is -2.17. The molecule has 0 amide bonds. The van der Waals surface area contributed by atoms with Crippen molar-refractivity contribution in [2.45, 2.75) is 26.2 Å². The molecule has 0 spiro atoms. The molecule has 1 aromatic carbocycles. The number of nitrogens with zero attached hydrogens (tertiary/aromatic N) is 2. The molecular weight excluding hydrogens is 222 g/mol. The van der Waals surface area contributed by atoms with Crippen LogP contribution in [0.4, 0.5) is 0 Å². The SMILES string of the molecule is CCCNCCCc1ccnn1-c1ccccc1. The highest BCUT2D eigenvalue weighted by molar-refractivity contribution is 5.32. The number of para-hydroxylation sites is 1. The topological polar surface area (TPSA) is 29.9 Å². The molecule has 1 N–H and O–H groups in total. The van der Waals surface area contributed by atoms with E-state index in [9.17, 15) is 0 Å². The van der Waals surface area contributed by atoms with E-state index in [0.29, 0.717) is 0 Å². The standard InChI is InChI=1S/C15H21N3/c1-2-11-16-12-6-9-15-10-13-17-18(15)14-7-4-3-5-8-14/h3-5,7-8,10,13,16H,2,6,9,11-12H2,1H3. The van der Waals surface area contributed by atoms with Gasteiger partial charge in [-0.1, -0.05) is 25.1 Å². The fourth-order valence-electron chi connectivity index (χ4n) is 2.02. The lowest BCUT2D eigenvalue weighted by Gasteiger charge is -2.07. The average molecular weight is 243 g/mol. The molecule has 0 atom stereocenters. The van der Waals surface area contributed by atoms with Gasteiger partial charge in [0.15, 0.2) is 0 Å². The highest BCUT2D eigenvalue weighted by Gasteiger charge is 2.03. The van der Waals surface area contributed by atoms with Gasteiger partial charge in [-0.05, 0) is 50.6 Å². The predicted octanol–water partition coefficient (Wildman–Crippen LogP) is 2.80. The summed E-state index contributed by atoms with van der Waals surface area (Å²) in [5, 5.41) is 7.82. The van der Waals surface area contributed by atoms with Gasteiger partial charge in [0.05, 0.1) is 5.69 Å². The van der Waals surface area contributed by atoms with Crippen LogP contribution in [0.15, 0.2) is 42.6 Å². The summed E-state index contributed by atoms with van der Waals surface area (Å²) in [6, 6.07) is 12.4. The maximum atomic E-state index is 4.40. The molecule has 2 rings (SSSR count). The second kappa shape index (κ2) is 6.97. The molecule has 0 aliphatic rings. The molecule has 1 heterocycles. The van der Waals surface area contributed by atoms with Crippen molar-refractivity contribution in [1.29, 1.82) is 0 Å². The molecule has 18 heavy (non-hydrogen) atoms. The summed E-state index contributed by atoms with van der Waals surface area (Å²) >= 11 is 0. The summed E-state index contributed by atoms with van der Waals surface area (Å²) in [4.78, 5) is 0. The number of aryl methyl sites for hydroxylation is 1. The Morgan fingerprint density at radius 1 is 1.11 bits per heavy atom. The highest BCUT2D eigenvalue weighted by atomic mass is 15.3. The summed E-state index contributed by atoms with van der Waals surface area (Å²) in [5.41, 5.74) is 2.42. The second-order valence-corrected chi connectivity index (χ2v) is 4.42. The fourth-order valence-corrected chi connectivity index (χ4v) is 2.02. The molecule has 0 saturated heterocycles. The van der Waals surface area contributed by atoms with Gasteiger partial charge in [0.1, 0.15) is 0 Å². The third kappa shape index (κ3) is 3.44. The Morgan fingerprint density at radius 3 is 2.72 bits per heavy atom. The van der Waals surface area contributed by atoms with Crippen molar-refractivity contribution >= 4 is 0 Å². The first kappa shape index (κ1) is 12.8. The van der Waals surface area contributed by atoms with Crippen molar-refractivity contribution in [3.8, 4) is 5.69 Å². The van der Waals surface area contributed by atoms with Gasteiger partial charge in [0.2, 0.25) is 0 Å². The van der Waals surface area contributed by atoms with Crippen molar-refractivity contribution in [2.24, 2.45) is 0 Å². The Balaban J connectivity index is 1.92. The lowest BCUT2D eigenvalue weighted by atomic mass is 10.2. The molecule has 0 fully saturated rings. The van der Waals surface area contributed by atoms with E-state index in [1.165, 1.54) is 12.1 Å². The second-order valence-electron chi connectivity index (χ2n) is 4.42. The van der Waals surface area contributed by atoms with Crippen LogP contribution >= 0.6 is 0 Å². The summed E-state index contributed by atoms with van der Waals surface area (Å²) in [7, 11) is 0. The van der Waals surface area contributed by atoms with Crippen molar-refractivity contribution in [1.82, 2.24) is 15.1 Å². The van der Waals surface area contributed by atoms with Gasteiger partial charge in [0, 0.05) is 11.9 Å². The molecule has 1 aromatic heterocycles. The molecule has 2 aromatic rings. The molecule has 3 nitrogen and oxygen atoms in total. The first-order valence-corrected chi connectivity index (χ1v) is 6.71. The number of hydrogen-bond donors (Lipinski definition) is 1. The quantitative estimate of drug-likeness (QED) is 0.758. The van der Waals surface area contributed by atoms with E-state index in [0.717, 1.165) is 31.6 Å². The molecule has 3 heteroatoms. The molecular formula is C15H21N3. The van der Waals surface area contributed by atoms with E-state index in [2.05, 4.69) is 35.5 Å². The Hall–Kier alpha value is -1.61. The normalized spacial score (nSPS) is 10.7. The summed E-state index contributed by atoms with van der Waals surface area (Å²) in [6.07, 6.45) is 5.29. The van der Waals surface area contributed by atoms with E-state index in [4.69, 9.17) is 0 Å². The molecule has 0 bridgehead atoms. The number of nitrogens with one attached hydrogen (secondary N) is 1. The number of aromatic nitrogens is 2. The van der Waals surface area contributed by atoms with Gasteiger partial charge < -0.3 is 5.32 Å². The molecule has 0 radical (unpaired) electrons. The zero-order valence-corrected chi connectivity index (χ0v) is 11.0. The smallest absolute Gasteiger partial charge is 0.0648 e. The predicted molar refractivity (Wildman–Crippen MR) is 75.0 cm³/mol. The van der Waals surface area contributed by atoms with Gasteiger partial charge in [-0.15, -0.1) is 0 Å². The minimum atomic E-state index is 1.06. The minimum absolute atomic E-state index is 1.06. The van der Waals surface area contributed by atoms with Crippen LogP contribution < -0.4 is 5.32 Å². The molecule has 0 saturated carbocycles. The average Bonchev–Trinajstić information content (AvgIpc) is 2.88. The van der Waals surface area contributed by atoms with Crippen LogP contribution in [0.2, 0.25) is 0 Å². The molecule has 96 valence electrons. The van der Waals surface area contributed by atoms with E-state index in [1.807, 2.05) is 29.1 Å². The van der Waals surface area contributed by atoms with Gasteiger partial charge in [0.25, 0.3) is 0 Å².